The van der Waals surface area contributed by atoms with Gasteiger partial charge in [0.2, 0.25) is 0 Å². The Morgan fingerprint density at radius 3 is 2.59 bits per heavy atom. The molecule has 0 spiro atoms. The summed E-state index contributed by atoms with van der Waals surface area (Å²) in [5, 5.41) is 10.3. The van der Waals surface area contributed by atoms with Crippen molar-refractivity contribution in [2.24, 2.45) is 0 Å². The molecule has 0 unspecified atom stereocenters. The number of phenols is 1. The number of hydrogen-bond donors (Lipinski definition) is 1. The highest BCUT2D eigenvalue weighted by atomic mass is 16.5. The molecule has 1 heterocycles. The van der Waals surface area contributed by atoms with E-state index in [-0.39, 0.29) is 5.75 Å². The van der Waals surface area contributed by atoms with Crippen molar-refractivity contribution in [1.29, 1.82) is 0 Å². The minimum Gasteiger partial charge on any atom is -0.507 e. The molecule has 142 valence electrons. The quantitative estimate of drug-likeness (QED) is 0.743. The van der Waals surface area contributed by atoms with E-state index in [1.807, 2.05) is 31.2 Å². The van der Waals surface area contributed by atoms with Gasteiger partial charge in [-0.2, -0.15) is 0 Å². The molecule has 2 aromatic carbocycles. The molecule has 0 aliphatic carbocycles. The molecule has 0 saturated carbocycles. The van der Waals surface area contributed by atoms with Crippen LogP contribution in [0.25, 0.3) is 11.6 Å². The van der Waals surface area contributed by atoms with Crippen LogP contribution in [-0.2, 0) is 6.42 Å². The first-order valence-corrected chi connectivity index (χ1v) is 8.99. The Labute approximate surface area is 160 Å². The Bertz CT molecular complexity index is 918. The first kappa shape index (κ1) is 18.9. The van der Waals surface area contributed by atoms with Crippen LogP contribution >= 0.6 is 0 Å². The van der Waals surface area contributed by atoms with Gasteiger partial charge in [0.15, 0.2) is 0 Å². The molecule has 4 nitrogen and oxygen atoms in total. The number of phenolic OH excluding ortho intramolecular Hbond substituents is 1. The predicted molar refractivity (Wildman–Crippen MR) is 109 cm³/mol. The van der Waals surface area contributed by atoms with Crippen LogP contribution in [0, 0.1) is 6.92 Å². The highest BCUT2D eigenvalue weighted by Gasteiger charge is 2.23. The second kappa shape index (κ2) is 7.78. The molecule has 2 aromatic rings. The van der Waals surface area contributed by atoms with Crippen molar-refractivity contribution in [3.8, 4) is 23.0 Å². The lowest BCUT2D eigenvalue weighted by molar-refractivity contribution is 0.345. The molecule has 0 amide bonds. The van der Waals surface area contributed by atoms with Crippen molar-refractivity contribution >= 4 is 11.6 Å². The number of aryl methyl sites for hydroxylation is 1. The van der Waals surface area contributed by atoms with Crippen LogP contribution in [0.15, 0.2) is 35.9 Å². The van der Waals surface area contributed by atoms with Gasteiger partial charge in [0, 0.05) is 22.8 Å². The first-order chi connectivity index (χ1) is 12.9. The SMILES string of the molecule is COc1cc2c(c(OC)c1CC=C(C)C)C=C(c1ccc(C)cc1O)CO2. The highest BCUT2D eigenvalue weighted by Crippen LogP contribution is 2.44. The maximum Gasteiger partial charge on any atom is 0.137 e. The molecular weight excluding hydrogens is 340 g/mol. The van der Waals surface area contributed by atoms with Crippen molar-refractivity contribution in [2.45, 2.75) is 27.2 Å². The van der Waals surface area contributed by atoms with Crippen LogP contribution < -0.4 is 14.2 Å². The van der Waals surface area contributed by atoms with Crippen LogP contribution in [0.1, 0.15) is 36.1 Å². The van der Waals surface area contributed by atoms with E-state index in [2.05, 4.69) is 19.9 Å². The van der Waals surface area contributed by atoms with E-state index in [0.717, 1.165) is 45.1 Å². The van der Waals surface area contributed by atoms with E-state index in [9.17, 15) is 5.11 Å². The smallest absolute Gasteiger partial charge is 0.137 e. The summed E-state index contributed by atoms with van der Waals surface area (Å²) in [6.45, 7) is 6.47. The van der Waals surface area contributed by atoms with Gasteiger partial charge >= 0.3 is 0 Å². The molecule has 27 heavy (non-hydrogen) atoms. The van der Waals surface area contributed by atoms with Gasteiger partial charge in [-0.15, -0.1) is 0 Å². The minimum atomic E-state index is 0.255. The van der Waals surface area contributed by atoms with Crippen molar-refractivity contribution < 1.29 is 19.3 Å². The van der Waals surface area contributed by atoms with Gasteiger partial charge in [-0.05, 0) is 44.9 Å². The maximum atomic E-state index is 10.3. The highest BCUT2D eigenvalue weighted by molar-refractivity contribution is 5.90. The van der Waals surface area contributed by atoms with Crippen molar-refractivity contribution in [2.75, 3.05) is 20.8 Å². The van der Waals surface area contributed by atoms with E-state index < -0.39 is 0 Å². The molecule has 0 bridgehead atoms. The van der Waals surface area contributed by atoms with E-state index in [1.165, 1.54) is 5.57 Å². The van der Waals surface area contributed by atoms with Crippen LogP contribution in [-0.4, -0.2) is 25.9 Å². The fourth-order valence-electron chi connectivity index (χ4n) is 3.28. The second-order valence-electron chi connectivity index (χ2n) is 6.97. The van der Waals surface area contributed by atoms with E-state index in [1.54, 1.807) is 20.3 Å². The molecule has 0 atom stereocenters. The number of fused-ring (bicyclic) bond motifs is 1. The molecule has 0 aromatic heterocycles. The molecule has 1 aliphatic heterocycles. The van der Waals surface area contributed by atoms with Gasteiger partial charge in [-0.25, -0.2) is 0 Å². The predicted octanol–water partition coefficient (Wildman–Crippen LogP) is 5.16. The standard InChI is InChI=1S/C23H26O4/c1-14(2)6-8-18-21(25-4)12-22-19(23(18)26-5)11-16(13-27-22)17-9-7-15(3)10-20(17)24/h6-7,9-12,24H,8,13H2,1-5H3. The lowest BCUT2D eigenvalue weighted by Gasteiger charge is -2.24. The Morgan fingerprint density at radius 1 is 1.19 bits per heavy atom. The van der Waals surface area contributed by atoms with E-state index >= 15 is 0 Å². The normalized spacial score (nSPS) is 12.6. The molecule has 1 N–H and O–H groups in total. The average molecular weight is 366 g/mol. The Kier molecular flexibility index (Phi) is 5.45. The number of benzene rings is 2. The summed E-state index contributed by atoms with van der Waals surface area (Å²) >= 11 is 0. The Balaban J connectivity index is 2.15. The number of ether oxygens (including phenoxy) is 3. The number of allylic oxidation sites excluding steroid dienone is 2. The fraction of sp³-hybridized carbons (Fsp3) is 0.304. The Morgan fingerprint density at radius 2 is 1.96 bits per heavy atom. The van der Waals surface area contributed by atoms with Gasteiger partial charge in [-0.1, -0.05) is 23.8 Å². The molecule has 4 heteroatoms. The van der Waals surface area contributed by atoms with Gasteiger partial charge in [0.05, 0.1) is 19.8 Å². The molecule has 0 saturated heterocycles. The number of aromatic hydroxyl groups is 1. The zero-order valence-corrected chi connectivity index (χ0v) is 16.6. The summed E-state index contributed by atoms with van der Waals surface area (Å²) < 4.78 is 17.3. The summed E-state index contributed by atoms with van der Waals surface area (Å²) in [7, 11) is 3.31. The topological polar surface area (TPSA) is 47.9 Å². The molecule has 3 rings (SSSR count). The largest absolute Gasteiger partial charge is 0.507 e. The molecule has 0 radical (unpaired) electrons. The van der Waals surface area contributed by atoms with Gasteiger partial charge < -0.3 is 19.3 Å². The van der Waals surface area contributed by atoms with E-state index in [4.69, 9.17) is 14.2 Å². The summed E-state index contributed by atoms with van der Waals surface area (Å²) in [4.78, 5) is 0. The monoisotopic (exact) mass is 366 g/mol. The third-order valence-electron chi connectivity index (χ3n) is 4.68. The first-order valence-electron chi connectivity index (χ1n) is 8.99. The van der Waals surface area contributed by atoms with Crippen LogP contribution in [0.4, 0.5) is 0 Å². The number of methoxy groups -OCH3 is 2. The zero-order valence-electron chi connectivity index (χ0n) is 16.6. The Hall–Kier alpha value is -2.88. The second-order valence-corrected chi connectivity index (χ2v) is 6.97. The maximum absolute atomic E-state index is 10.3. The van der Waals surface area contributed by atoms with Gasteiger partial charge in [0.25, 0.3) is 0 Å². The van der Waals surface area contributed by atoms with Gasteiger partial charge in [-0.3, -0.25) is 0 Å². The van der Waals surface area contributed by atoms with E-state index in [0.29, 0.717) is 13.0 Å². The summed E-state index contributed by atoms with van der Waals surface area (Å²) in [5.41, 5.74) is 5.78. The number of hydrogen-bond acceptors (Lipinski definition) is 4. The lowest BCUT2D eigenvalue weighted by atomic mass is 9.95. The van der Waals surface area contributed by atoms with Gasteiger partial charge in [0.1, 0.15) is 29.6 Å². The zero-order chi connectivity index (χ0) is 19.6. The summed E-state index contributed by atoms with van der Waals surface area (Å²) in [6, 6.07) is 7.58. The molecule has 1 aliphatic rings. The average Bonchev–Trinajstić information content (AvgIpc) is 2.64. The fourth-order valence-corrected chi connectivity index (χ4v) is 3.28. The third kappa shape index (κ3) is 3.80. The minimum absolute atomic E-state index is 0.255. The van der Waals surface area contributed by atoms with Crippen molar-refractivity contribution in [3.63, 3.8) is 0 Å². The summed E-state index contributed by atoms with van der Waals surface area (Å²) in [5.74, 6) is 2.47. The third-order valence-corrected chi connectivity index (χ3v) is 4.68. The molecule has 0 fully saturated rings. The lowest BCUT2D eigenvalue weighted by Crippen LogP contribution is -2.10. The summed E-state index contributed by atoms with van der Waals surface area (Å²) in [6.07, 6.45) is 4.89. The van der Waals surface area contributed by atoms with Crippen LogP contribution in [0.5, 0.6) is 23.0 Å². The number of rotatable bonds is 5. The van der Waals surface area contributed by atoms with Crippen molar-refractivity contribution in [1.82, 2.24) is 0 Å². The molecular formula is C23H26O4. The van der Waals surface area contributed by atoms with Crippen molar-refractivity contribution in [3.05, 3.63) is 58.2 Å². The van der Waals surface area contributed by atoms with Crippen LogP contribution in [0.2, 0.25) is 0 Å². The van der Waals surface area contributed by atoms with Crippen LogP contribution in [0.3, 0.4) is 0 Å².